The van der Waals surface area contributed by atoms with Crippen molar-refractivity contribution in [3.63, 3.8) is 0 Å². The second-order valence-electron chi connectivity index (χ2n) is 5.14. The number of esters is 1. The van der Waals surface area contributed by atoms with Gasteiger partial charge in [-0.15, -0.1) is 0 Å². The molecule has 1 N–H and O–H groups in total. The zero-order valence-corrected chi connectivity index (χ0v) is 15.2. The van der Waals surface area contributed by atoms with E-state index >= 15 is 0 Å². The third-order valence-corrected chi connectivity index (χ3v) is 3.50. The summed E-state index contributed by atoms with van der Waals surface area (Å²) in [4.78, 5) is 36.3. The number of amides is 2. The minimum Gasteiger partial charge on any atom is -0.482 e. The molecule has 0 aliphatic carbocycles. The van der Waals surface area contributed by atoms with E-state index < -0.39 is 0 Å². The molecular formula is C17H23ClN2O5. The van der Waals surface area contributed by atoms with Gasteiger partial charge in [0.15, 0.2) is 6.61 Å². The van der Waals surface area contributed by atoms with E-state index in [0.717, 1.165) is 0 Å². The monoisotopic (exact) mass is 370 g/mol. The van der Waals surface area contributed by atoms with Crippen LogP contribution in [0.2, 0.25) is 5.02 Å². The summed E-state index contributed by atoms with van der Waals surface area (Å²) >= 11 is 5.98. The molecule has 0 bridgehead atoms. The van der Waals surface area contributed by atoms with Crippen LogP contribution in [0.3, 0.4) is 0 Å². The van der Waals surface area contributed by atoms with Crippen molar-refractivity contribution < 1.29 is 23.9 Å². The predicted molar refractivity (Wildman–Crippen MR) is 93.5 cm³/mol. The fourth-order valence-electron chi connectivity index (χ4n) is 1.98. The SMILES string of the molecule is CCOC(=O)CCN(CCNC(C)=O)C(=O)COc1ccccc1Cl. The van der Waals surface area contributed by atoms with Crippen molar-refractivity contribution in [1.29, 1.82) is 0 Å². The van der Waals surface area contributed by atoms with Gasteiger partial charge >= 0.3 is 5.97 Å². The number of ether oxygens (including phenoxy) is 2. The summed E-state index contributed by atoms with van der Waals surface area (Å²) in [6.07, 6.45) is 0.0751. The Morgan fingerprint density at radius 3 is 2.56 bits per heavy atom. The number of nitrogens with one attached hydrogen (secondary N) is 1. The highest BCUT2D eigenvalue weighted by Crippen LogP contribution is 2.22. The van der Waals surface area contributed by atoms with Crippen molar-refractivity contribution in [3.8, 4) is 5.75 Å². The van der Waals surface area contributed by atoms with Crippen LogP contribution in [0.4, 0.5) is 0 Å². The standard InChI is InChI=1S/C17H23ClN2O5/c1-3-24-17(23)8-10-20(11-9-19-13(2)21)16(22)12-25-15-7-5-4-6-14(15)18/h4-7H,3,8-12H2,1-2H3,(H,19,21). The van der Waals surface area contributed by atoms with Crippen molar-refractivity contribution in [3.05, 3.63) is 29.3 Å². The maximum absolute atomic E-state index is 12.4. The van der Waals surface area contributed by atoms with E-state index in [4.69, 9.17) is 21.1 Å². The minimum absolute atomic E-state index is 0.0751. The van der Waals surface area contributed by atoms with Crippen molar-refractivity contribution in [1.82, 2.24) is 10.2 Å². The molecule has 0 aliphatic heterocycles. The molecule has 0 saturated carbocycles. The molecule has 0 saturated heterocycles. The summed E-state index contributed by atoms with van der Waals surface area (Å²) in [6.45, 7) is 3.92. The lowest BCUT2D eigenvalue weighted by atomic mass is 10.3. The van der Waals surface area contributed by atoms with Gasteiger partial charge in [-0.2, -0.15) is 0 Å². The first-order chi connectivity index (χ1) is 11.9. The zero-order valence-electron chi connectivity index (χ0n) is 14.4. The van der Waals surface area contributed by atoms with Crippen molar-refractivity contribution >= 4 is 29.4 Å². The van der Waals surface area contributed by atoms with E-state index in [9.17, 15) is 14.4 Å². The van der Waals surface area contributed by atoms with Crippen LogP contribution in [0.25, 0.3) is 0 Å². The highest BCUT2D eigenvalue weighted by molar-refractivity contribution is 6.32. The maximum Gasteiger partial charge on any atom is 0.307 e. The van der Waals surface area contributed by atoms with Crippen LogP contribution in [-0.2, 0) is 19.1 Å². The van der Waals surface area contributed by atoms with Crippen LogP contribution >= 0.6 is 11.6 Å². The molecule has 1 aromatic rings. The molecule has 2 amide bonds. The number of para-hydroxylation sites is 1. The molecule has 8 heteroatoms. The zero-order chi connectivity index (χ0) is 18.7. The fourth-order valence-corrected chi connectivity index (χ4v) is 2.17. The normalized spacial score (nSPS) is 10.0. The third-order valence-electron chi connectivity index (χ3n) is 3.19. The first-order valence-electron chi connectivity index (χ1n) is 7.99. The van der Waals surface area contributed by atoms with Gasteiger partial charge in [0.1, 0.15) is 5.75 Å². The number of benzene rings is 1. The number of rotatable bonds is 10. The van der Waals surface area contributed by atoms with Crippen LogP contribution in [0.5, 0.6) is 5.75 Å². The van der Waals surface area contributed by atoms with Crippen LogP contribution in [0, 0.1) is 0 Å². The molecule has 0 fully saturated rings. The summed E-state index contributed by atoms with van der Waals surface area (Å²) in [5.74, 6) is -0.476. The Morgan fingerprint density at radius 1 is 1.20 bits per heavy atom. The van der Waals surface area contributed by atoms with Gasteiger partial charge in [0.05, 0.1) is 18.1 Å². The van der Waals surface area contributed by atoms with Crippen LogP contribution in [0.1, 0.15) is 20.3 Å². The molecular weight excluding hydrogens is 348 g/mol. The van der Waals surface area contributed by atoms with Gasteiger partial charge < -0.3 is 19.7 Å². The van der Waals surface area contributed by atoms with Gasteiger partial charge in [-0.25, -0.2) is 0 Å². The average molecular weight is 371 g/mol. The quantitative estimate of drug-likeness (QED) is 0.633. The van der Waals surface area contributed by atoms with Gasteiger partial charge in [0.25, 0.3) is 5.91 Å². The Balaban J connectivity index is 2.58. The predicted octanol–water partition coefficient (Wildman–Crippen LogP) is 1.64. The molecule has 0 spiro atoms. The van der Waals surface area contributed by atoms with E-state index in [0.29, 0.717) is 10.8 Å². The van der Waals surface area contributed by atoms with E-state index in [1.54, 1.807) is 31.2 Å². The number of carbonyl (C=O) groups excluding carboxylic acids is 3. The van der Waals surface area contributed by atoms with E-state index in [1.807, 2.05) is 0 Å². The molecule has 0 aromatic heterocycles. The van der Waals surface area contributed by atoms with Crippen LogP contribution in [-0.4, -0.2) is 55.5 Å². The molecule has 0 atom stereocenters. The van der Waals surface area contributed by atoms with E-state index in [2.05, 4.69) is 5.32 Å². The lowest BCUT2D eigenvalue weighted by Gasteiger charge is -2.22. The minimum atomic E-state index is -0.383. The van der Waals surface area contributed by atoms with E-state index in [-0.39, 0.29) is 57.1 Å². The topological polar surface area (TPSA) is 84.9 Å². The third kappa shape index (κ3) is 8.39. The largest absolute Gasteiger partial charge is 0.482 e. The smallest absolute Gasteiger partial charge is 0.307 e. The van der Waals surface area contributed by atoms with Gasteiger partial charge in [-0.1, -0.05) is 23.7 Å². The number of hydrogen-bond donors (Lipinski definition) is 1. The summed E-state index contributed by atoms with van der Waals surface area (Å²) in [7, 11) is 0. The van der Waals surface area contributed by atoms with Gasteiger partial charge in [0, 0.05) is 26.6 Å². The molecule has 1 aromatic carbocycles. The molecule has 1 rings (SSSR count). The molecule has 0 heterocycles. The summed E-state index contributed by atoms with van der Waals surface area (Å²) < 4.78 is 10.3. The van der Waals surface area contributed by atoms with Crippen molar-refractivity contribution in [2.24, 2.45) is 0 Å². The highest BCUT2D eigenvalue weighted by atomic mass is 35.5. The molecule has 138 valence electrons. The number of carbonyl (C=O) groups is 3. The molecule has 25 heavy (non-hydrogen) atoms. The number of nitrogens with zero attached hydrogens (tertiary/aromatic N) is 1. The average Bonchev–Trinajstić information content (AvgIpc) is 2.57. The lowest BCUT2D eigenvalue weighted by molar-refractivity contribution is -0.144. The van der Waals surface area contributed by atoms with Gasteiger partial charge in [0.2, 0.25) is 5.91 Å². The first kappa shape index (κ1) is 20.8. The second-order valence-corrected chi connectivity index (χ2v) is 5.55. The first-order valence-corrected chi connectivity index (χ1v) is 8.37. The van der Waals surface area contributed by atoms with Crippen molar-refractivity contribution in [2.45, 2.75) is 20.3 Å². The summed E-state index contributed by atoms with van der Waals surface area (Å²) in [5, 5.41) is 3.02. The second kappa shape index (κ2) is 11.3. The summed E-state index contributed by atoms with van der Waals surface area (Å²) in [6, 6.07) is 6.84. The van der Waals surface area contributed by atoms with Crippen molar-refractivity contribution in [2.75, 3.05) is 32.8 Å². The Kier molecular flexibility index (Phi) is 9.39. The number of hydrogen-bond acceptors (Lipinski definition) is 5. The maximum atomic E-state index is 12.4. The Bertz CT molecular complexity index is 594. The fraction of sp³-hybridized carbons (Fsp3) is 0.471. The van der Waals surface area contributed by atoms with Crippen LogP contribution in [0.15, 0.2) is 24.3 Å². The van der Waals surface area contributed by atoms with Gasteiger partial charge in [-0.3, -0.25) is 14.4 Å². The van der Waals surface area contributed by atoms with Gasteiger partial charge in [-0.05, 0) is 19.1 Å². The van der Waals surface area contributed by atoms with Crippen LogP contribution < -0.4 is 10.1 Å². The molecule has 7 nitrogen and oxygen atoms in total. The Labute approximate surface area is 152 Å². The van der Waals surface area contributed by atoms with E-state index in [1.165, 1.54) is 11.8 Å². The molecule has 0 radical (unpaired) electrons. The summed E-state index contributed by atoms with van der Waals surface area (Å²) in [5.41, 5.74) is 0. The highest BCUT2D eigenvalue weighted by Gasteiger charge is 2.16. The lowest BCUT2D eigenvalue weighted by Crippen LogP contribution is -2.41. The number of halogens is 1. The molecule has 0 aliphatic rings. The Hall–Kier alpha value is -2.28. The molecule has 0 unspecified atom stereocenters. The Morgan fingerprint density at radius 2 is 1.92 bits per heavy atom.